The molecule has 2 aromatic rings. The minimum Gasteiger partial charge on any atom is -0.463 e. The molecule has 0 radical (unpaired) electrons. The summed E-state index contributed by atoms with van der Waals surface area (Å²) in [4.78, 5) is 80.1. The van der Waals surface area contributed by atoms with Crippen molar-refractivity contribution in [3.63, 3.8) is 0 Å². The lowest BCUT2D eigenvalue weighted by Crippen LogP contribution is -2.43. The van der Waals surface area contributed by atoms with Gasteiger partial charge < -0.3 is 28.3 Å². The molecular weight excluding hydrogens is 800 g/mol. The summed E-state index contributed by atoms with van der Waals surface area (Å²) in [7, 11) is -1.97. The lowest BCUT2D eigenvalue weighted by molar-refractivity contribution is -0.166. The zero-order chi connectivity index (χ0) is 39.7. The van der Waals surface area contributed by atoms with Crippen LogP contribution in [0.1, 0.15) is 108 Å². The normalized spacial score (nSPS) is 20.1. The Labute approximate surface area is 359 Å². The zero-order valence-corrected chi connectivity index (χ0v) is 33.5. The molecule has 2 heterocycles. The number of rotatable bonds is 16. The molecule has 2 saturated heterocycles. The molecule has 0 aromatic heterocycles. The molecule has 2 aliphatic rings. The van der Waals surface area contributed by atoms with Crippen LogP contribution in [0, 0.1) is 29.6 Å². The maximum atomic E-state index is 12.6. The van der Waals surface area contributed by atoms with Crippen LogP contribution < -0.4 is 0 Å². The Morgan fingerprint density at radius 3 is 1.60 bits per heavy atom. The topological polar surface area (TPSA) is 169 Å². The third kappa shape index (κ3) is 18.2. The average molecular weight is 876 g/mol. The van der Waals surface area contributed by atoms with Crippen LogP contribution >= 0.6 is 21.3 Å². The smallest absolute Gasteiger partial charge is 0.321 e. The number of benzene rings is 2. The van der Waals surface area contributed by atoms with E-state index in [1.807, 2.05) is 94.2 Å². The molecule has 0 bridgehead atoms. The van der Waals surface area contributed by atoms with Crippen LogP contribution in [0.2, 0.25) is 19.6 Å². The standard InChI is InChI=1S/C22H30O8Si.C14H16O3.CH5OPS.6CH4/c1-6-16(15-10-8-7-9-11-15)17-18(22(26)30-21(17)25)19(27-12-23)14(2)20(24)28-13-29-31(3,4)5;1-3-11(10-7-5-4-6-8-10)12-9(2)13(15)17-14(12)16;2-3-1-4;;;;;;/h7-12,14,16-19H,6,13H2,1-5H3;4-9,11-12H,3H2,1-2H3;2-4H,1H2;6*1H4/i/hD. The number of thiol groups is 1. The summed E-state index contributed by atoms with van der Waals surface area (Å²) in [5.74, 6) is -6.94. The fourth-order valence-corrected chi connectivity index (χ4v) is 6.72. The SMILES string of the molecule is C.C.C.C.C.C.CCC(c1ccccc1)C1C(=O)OC(=O)C1C.CCC(c1ccccc1)C1C(=O)OC(=O)C1C(OC=O)C(C)C(=O)OCO[Si](C)(C)C.[2H]SCPO. The molecule has 58 heavy (non-hydrogen) atoms. The number of cyclic esters (lactones) is 4. The van der Waals surface area contributed by atoms with Crippen molar-refractivity contribution in [3.05, 3.63) is 71.8 Å². The number of hydrogen-bond acceptors (Lipinski definition) is 13. The molecule has 0 amide bonds. The molecule has 0 aliphatic carbocycles. The van der Waals surface area contributed by atoms with Crippen LogP contribution in [0.5, 0.6) is 0 Å². The van der Waals surface area contributed by atoms with Gasteiger partial charge in [0.05, 0.1) is 23.7 Å². The molecule has 2 fully saturated rings. The summed E-state index contributed by atoms with van der Waals surface area (Å²) in [5, 5.41) is 0. The van der Waals surface area contributed by atoms with E-state index in [4.69, 9.17) is 29.4 Å². The molecule has 12 nitrogen and oxygen atoms in total. The predicted molar refractivity (Wildman–Crippen MR) is 241 cm³/mol. The third-order valence-electron chi connectivity index (χ3n) is 8.91. The Hall–Kier alpha value is -3.42. The molecular formula is C43H75O12PSSi. The van der Waals surface area contributed by atoms with Gasteiger partial charge in [0.25, 0.3) is 6.47 Å². The van der Waals surface area contributed by atoms with Crippen molar-refractivity contribution in [2.45, 2.75) is 123 Å². The molecule has 9 unspecified atom stereocenters. The van der Waals surface area contributed by atoms with Gasteiger partial charge in [-0.3, -0.25) is 28.8 Å². The second-order valence-corrected chi connectivity index (χ2v) is 19.3. The van der Waals surface area contributed by atoms with E-state index in [0.29, 0.717) is 11.9 Å². The van der Waals surface area contributed by atoms with E-state index in [1.165, 1.54) is 6.92 Å². The fourth-order valence-electron chi connectivity index (χ4n) is 6.31. The quantitative estimate of drug-likeness (QED) is 0.0240. The Morgan fingerprint density at radius 1 is 0.810 bits per heavy atom. The highest BCUT2D eigenvalue weighted by Gasteiger charge is 2.55. The van der Waals surface area contributed by atoms with E-state index in [0.717, 1.165) is 30.1 Å². The molecule has 9 atom stereocenters. The summed E-state index contributed by atoms with van der Waals surface area (Å²) in [6.07, 6.45) is 0.157. The summed E-state index contributed by atoms with van der Waals surface area (Å²) in [6, 6.07) is 19.1. The van der Waals surface area contributed by atoms with Gasteiger partial charge >= 0.3 is 29.8 Å². The zero-order valence-electron chi connectivity index (χ0n) is 31.6. The number of carbonyl (C=O) groups excluding carboxylic acids is 6. The second kappa shape index (κ2) is 31.5. The lowest BCUT2D eigenvalue weighted by atomic mass is 9.73. The Kier molecular flexibility index (Phi) is 33.3. The summed E-state index contributed by atoms with van der Waals surface area (Å²) >= 11 is 0.914. The predicted octanol–water partition coefficient (Wildman–Crippen LogP) is 9.82. The first-order chi connectivity index (χ1) is 25.2. The first-order valence-corrected chi connectivity index (χ1v) is 22.3. The molecule has 0 spiro atoms. The minimum atomic E-state index is -1.90. The van der Waals surface area contributed by atoms with Crippen LogP contribution in [0.15, 0.2) is 60.7 Å². The fraction of sp³-hybridized carbons (Fsp3) is 0.581. The van der Waals surface area contributed by atoms with Crippen molar-refractivity contribution in [1.29, 1.82) is 1.12 Å². The highest BCUT2D eigenvalue weighted by Crippen LogP contribution is 2.42. The van der Waals surface area contributed by atoms with E-state index >= 15 is 0 Å². The maximum absolute atomic E-state index is 12.6. The first kappa shape index (κ1) is 61.2. The van der Waals surface area contributed by atoms with Crippen molar-refractivity contribution in [2.24, 2.45) is 29.6 Å². The average Bonchev–Trinajstić information content (AvgIpc) is 3.56. The van der Waals surface area contributed by atoms with E-state index < -0.39 is 56.1 Å². The van der Waals surface area contributed by atoms with Crippen LogP contribution in [-0.2, 0) is 52.1 Å². The van der Waals surface area contributed by atoms with Gasteiger partial charge in [0, 0.05) is 14.3 Å². The molecule has 15 heteroatoms. The highest BCUT2D eigenvalue weighted by molar-refractivity contribution is 7.85. The second-order valence-electron chi connectivity index (χ2n) is 13.3. The van der Waals surface area contributed by atoms with E-state index in [-0.39, 0.29) is 96.3 Å². The largest absolute Gasteiger partial charge is 0.463 e. The monoisotopic (exact) mass is 875 g/mol. The third-order valence-corrected chi connectivity index (χ3v) is 10.4. The number of hydrogen-bond donors (Lipinski definition) is 2. The van der Waals surface area contributed by atoms with Gasteiger partial charge in [-0.2, -0.15) is 12.5 Å². The molecule has 2 aliphatic heterocycles. The molecule has 1 N–H and O–H groups in total. The van der Waals surface area contributed by atoms with Crippen molar-refractivity contribution in [1.82, 2.24) is 0 Å². The Morgan fingerprint density at radius 2 is 1.24 bits per heavy atom. The van der Waals surface area contributed by atoms with Gasteiger partial charge in [0.15, 0.2) is 15.1 Å². The van der Waals surface area contributed by atoms with Gasteiger partial charge in [-0.15, -0.1) is 0 Å². The Balaban J connectivity index is -0.000000296. The van der Waals surface area contributed by atoms with Gasteiger partial charge in [0.2, 0.25) is 0 Å². The van der Waals surface area contributed by atoms with Crippen molar-refractivity contribution < 1.29 is 57.0 Å². The van der Waals surface area contributed by atoms with E-state index in [2.05, 4.69) is 0 Å². The molecule has 4 rings (SSSR count). The summed E-state index contributed by atoms with van der Waals surface area (Å²) in [6.45, 7) is 13.0. The Bertz CT molecular complexity index is 1500. The van der Waals surface area contributed by atoms with Crippen molar-refractivity contribution in [2.75, 3.05) is 12.3 Å². The van der Waals surface area contributed by atoms with Crippen LogP contribution in [0.25, 0.3) is 0 Å². The van der Waals surface area contributed by atoms with Crippen LogP contribution in [0.3, 0.4) is 0 Å². The van der Waals surface area contributed by atoms with Crippen molar-refractivity contribution >= 4 is 66.0 Å². The van der Waals surface area contributed by atoms with Crippen molar-refractivity contribution in [3.8, 4) is 0 Å². The van der Waals surface area contributed by atoms with Gasteiger partial charge in [-0.25, -0.2) is 0 Å². The molecule has 0 saturated carbocycles. The highest BCUT2D eigenvalue weighted by atomic mass is 32.1. The molecule has 334 valence electrons. The number of esters is 5. The van der Waals surface area contributed by atoms with E-state index in [9.17, 15) is 28.8 Å². The lowest BCUT2D eigenvalue weighted by Gasteiger charge is -2.30. The molecule has 2 aromatic carbocycles. The van der Waals surface area contributed by atoms with E-state index in [1.54, 1.807) is 6.92 Å². The van der Waals surface area contributed by atoms with Gasteiger partial charge in [-0.1, -0.05) is 126 Å². The first-order valence-electron chi connectivity index (χ1n) is 17.5. The van der Waals surface area contributed by atoms with Gasteiger partial charge in [0.1, 0.15) is 13.1 Å². The summed E-state index contributed by atoms with van der Waals surface area (Å²) in [5.41, 5.74) is 2.51. The van der Waals surface area contributed by atoms with Crippen LogP contribution in [0.4, 0.5) is 0 Å². The summed E-state index contributed by atoms with van der Waals surface area (Å²) < 4.78 is 31.9. The number of ether oxygens (including phenoxy) is 4. The maximum Gasteiger partial charge on any atom is 0.321 e. The minimum absolute atomic E-state index is 0. The van der Waals surface area contributed by atoms with Crippen LogP contribution in [-0.4, -0.2) is 69.0 Å². The van der Waals surface area contributed by atoms with Gasteiger partial charge in [-0.05, 0) is 62.4 Å². The number of carbonyl (C=O) groups is 6.